The molecule has 5 N–H and O–H groups in total. The van der Waals surface area contributed by atoms with Crippen molar-refractivity contribution >= 4 is 58.1 Å². The fourth-order valence-electron chi connectivity index (χ4n) is 2.56. The van der Waals surface area contributed by atoms with Crippen LogP contribution in [0.3, 0.4) is 0 Å². The normalized spacial score (nSPS) is 10.3. The number of hydrazine groups is 1. The summed E-state index contributed by atoms with van der Waals surface area (Å²) in [5.41, 5.74) is 12.3. The average Bonchev–Trinajstić information content (AvgIpc) is 2.74. The molecule has 0 saturated heterocycles. The van der Waals surface area contributed by atoms with Crippen molar-refractivity contribution in [3.63, 3.8) is 0 Å². The number of hydrogen-bond donors (Lipinski definition) is 4. The van der Waals surface area contributed by atoms with Gasteiger partial charge in [0.05, 0.1) is 28.4 Å². The number of nitrogens with one attached hydrogen (secondary N) is 3. The van der Waals surface area contributed by atoms with E-state index in [1.807, 2.05) is 0 Å². The Hall–Kier alpha value is -3.56. The quantitative estimate of drug-likeness (QED) is 0.306. The molecule has 9 nitrogen and oxygen atoms in total. The van der Waals surface area contributed by atoms with Crippen LogP contribution in [0.2, 0.25) is 10.0 Å². The number of para-hydroxylation sites is 1. The Morgan fingerprint density at radius 3 is 2.55 bits per heavy atom. The van der Waals surface area contributed by atoms with E-state index in [4.69, 9.17) is 33.7 Å². The molecule has 2 aromatic carbocycles. The SMILES string of the molecule is CCOC(=O)c1ccccc1Nc1ncnc(NNC(=O)c2ccc(Cl)cc2Cl)c1N. The van der Waals surface area contributed by atoms with Crippen molar-refractivity contribution in [1.82, 2.24) is 15.4 Å². The molecule has 1 amide bonds. The fraction of sp³-hybridized carbons (Fsp3) is 0.100. The van der Waals surface area contributed by atoms with Crippen LogP contribution in [0.5, 0.6) is 0 Å². The molecule has 11 heteroatoms. The van der Waals surface area contributed by atoms with E-state index >= 15 is 0 Å². The molecule has 0 radical (unpaired) electrons. The fourth-order valence-corrected chi connectivity index (χ4v) is 3.05. The third-order valence-electron chi connectivity index (χ3n) is 4.03. The summed E-state index contributed by atoms with van der Waals surface area (Å²) >= 11 is 11.9. The molecule has 1 aromatic heterocycles. The monoisotopic (exact) mass is 460 g/mol. The van der Waals surface area contributed by atoms with Crippen LogP contribution in [-0.2, 0) is 4.74 Å². The zero-order valence-electron chi connectivity index (χ0n) is 16.3. The van der Waals surface area contributed by atoms with Crippen LogP contribution >= 0.6 is 23.2 Å². The minimum absolute atomic E-state index is 0.115. The van der Waals surface area contributed by atoms with Gasteiger partial charge in [-0.2, -0.15) is 0 Å². The van der Waals surface area contributed by atoms with Crippen molar-refractivity contribution in [2.75, 3.05) is 23.1 Å². The molecule has 160 valence electrons. The third kappa shape index (κ3) is 5.33. The van der Waals surface area contributed by atoms with Crippen LogP contribution in [0, 0.1) is 0 Å². The summed E-state index contributed by atoms with van der Waals surface area (Å²) in [4.78, 5) is 32.7. The lowest BCUT2D eigenvalue weighted by atomic mass is 10.2. The maximum Gasteiger partial charge on any atom is 0.340 e. The maximum absolute atomic E-state index is 12.4. The number of nitrogens with zero attached hydrogens (tertiary/aromatic N) is 2. The van der Waals surface area contributed by atoms with Crippen LogP contribution in [-0.4, -0.2) is 28.5 Å². The molecule has 3 rings (SSSR count). The number of nitrogens with two attached hydrogens (primary N) is 1. The van der Waals surface area contributed by atoms with Crippen LogP contribution in [0.1, 0.15) is 27.6 Å². The first-order valence-corrected chi connectivity index (χ1v) is 9.81. The number of amides is 1. The van der Waals surface area contributed by atoms with Crippen LogP contribution < -0.4 is 21.9 Å². The number of nitrogen functional groups attached to an aromatic ring is 1. The van der Waals surface area contributed by atoms with E-state index < -0.39 is 11.9 Å². The first-order chi connectivity index (χ1) is 14.9. The first kappa shape index (κ1) is 22.1. The Kier molecular flexibility index (Phi) is 7.11. The van der Waals surface area contributed by atoms with Gasteiger partial charge in [0.15, 0.2) is 11.6 Å². The maximum atomic E-state index is 12.4. The highest BCUT2D eigenvalue weighted by molar-refractivity contribution is 6.36. The van der Waals surface area contributed by atoms with Gasteiger partial charge in [0, 0.05) is 5.02 Å². The number of carbonyl (C=O) groups is 2. The van der Waals surface area contributed by atoms with Gasteiger partial charge in [-0.25, -0.2) is 14.8 Å². The standard InChI is InChI=1S/C20H18Cl2N6O3/c1-2-31-20(30)13-5-3-4-6-15(13)26-17-16(23)18(25-10-24-17)27-28-19(29)12-8-7-11(21)9-14(12)22/h3-10H,2,23H2,1H3,(H,28,29)(H2,24,25,26,27). The van der Waals surface area contributed by atoms with E-state index in [0.717, 1.165) is 0 Å². The molecule has 0 aliphatic carbocycles. The predicted octanol–water partition coefficient (Wildman–Crippen LogP) is 4.04. The molecule has 0 saturated carbocycles. The second-order valence-electron chi connectivity index (χ2n) is 6.08. The first-order valence-electron chi connectivity index (χ1n) is 9.05. The molecule has 0 aliphatic heterocycles. The molecule has 31 heavy (non-hydrogen) atoms. The van der Waals surface area contributed by atoms with E-state index in [1.54, 1.807) is 37.3 Å². The molecule has 0 aliphatic rings. The minimum Gasteiger partial charge on any atom is -0.462 e. The Morgan fingerprint density at radius 2 is 1.81 bits per heavy atom. The summed E-state index contributed by atoms with van der Waals surface area (Å²) in [5.74, 6) is -0.622. The van der Waals surface area contributed by atoms with Crippen molar-refractivity contribution < 1.29 is 14.3 Å². The van der Waals surface area contributed by atoms with Gasteiger partial charge < -0.3 is 15.8 Å². The predicted molar refractivity (Wildman–Crippen MR) is 120 cm³/mol. The highest BCUT2D eigenvalue weighted by atomic mass is 35.5. The number of aromatic nitrogens is 2. The second kappa shape index (κ2) is 9.96. The second-order valence-corrected chi connectivity index (χ2v) is 6.92. The molecular formula is C20H18Cl2N6O3. The molecule has 3 aromatic rings. The van der Waals surface area contributed by atoms with Crippen molar-refractivity contribution in [3.8, 4) is 0 Å². The van der Waals surface area contributed by atoms with Crippen molar-refractivity contribution in [2.24, 2.45) is 0 Å². The number of hydrogen-bond acceptors (Lipinski definition) is 8. The van der Waals surface area contributed by atoms with E-state index in [9.17, 15) is 9.59 Å². The van der Waals surface area contributed by atoms with Crippen LogP contribution in [0.15, 0.2) is 48.8 Å². The summed E-state index contributed by atoms with van der Waals surface area (Å²) in [6.07, 6.45) is 1.25. The Morgan fingerprint density at radius 1 is 1.06 bits per heavy atom. The van der Waals surface area contributed by atoms with Gasteiger partial charge in [-0.05, 0) is 37.3 Å². The third-order valence-corrected chi connectivity index (χ3v) is 4.58. The summed E-state index contributed by atoms with van der Waals surface area (Å²) in [6.45, 7) is 1.97. The Labute approximate surface area is 187 Å². The number of benzene rings is 2. The Bertz CT molecular complexity index is 1130. The zero-order valence-corrected chi connectivity index (χ0v) is 17.8. The van der Waals surface area contributed by atoms with Gasteiger partial charge in [0.1, 0.15) is 12.0 Å². The lowest BCUT2D eigenvalue weighted by Crippen LogP contribution is -2.30. The van der Waals surface area contributed by atoms with E-state index in [0.29, 0.717) is 16.3 Å². The number of carbonyl (C=O) groups excluding carboxylic acids is 2. The number of esters is 1. The molecule has 0 unspecified atom stereocenters. The summed E-state index contributed by atoms with van der Waals surface area (Å²) in [7, 11) is 0. The number of ether oxygens (including phenoxy) is 1. The highest BCUT2D eigenvalue weighted by Crippen LogP contribution is 2.27. The molecular weight excluding hydrogens is 443 g/mol. The minimum atomic E-state index is -0.512. The number of anilines is 4. The summed E-state index contributed by atoms with van der Waals surface area (Å²) < 4.78 is 5.06. The largest absolute Gasteiger partial charge is 0.462 e. The number of halogens is 2. The van der Waals surface area contributed by atoms with Gasteiger partial charge >= 0.3 is 5.97 Å². The lowest BCUT2D eigenvalue weighted by molar-refractivity contribution is 0.0527. The molecule has 0 atom stereocenters. The van der Waals surface area contributed by atoms with E-state index in [-0.39, 0.29) is 34.5 Å². The highest BCUT2D eigenvalue weighted by Gasteiger charge is 2.16. The van der Waals surface area contributed by atoms with Crippen molar-refractivity contribution in [1.29, 1.82) is 0 Å². The smallest absolute Gasteiger partial charge is 0.340 e. The average molecular weight is 461 g/mol. The molecule has 0 fully saturated rings. The summed E-state index contributed by atoms with van der Waals surface area (Å²) in [6, 6.07) is 11.3. The van der Waals surface area contributed by atoms with Crippen LogP contribution in [0.4, 0.5) is 23.0 Å². The van der Waals surface area contributed by atoms with Gasteiger partial charge in [-0.1, -0.05) is 35.3 Å². The van der Waals surface area contributed by atoms with Gasteiger partial charge in [0.25, 0.3) is 5.91 Å². The van der Waals surface area contributed by atoms with E-state index in [1.165, 1.54) is 18.5 Å². The van der Waals surface area contributed by atoms with E-state index in [2.05, 4.69) is 26.1 Å². The molecule has 0 bridgehead atoms. The topological polar surface area (TPSA) is 131 Å². The lowest BCUT2D eigenvalue weighted by Gasteiger charge is -2.15. The summed E-state index contributed by atoms with van der Waals surface area (Å²) in [5, 5.41) is 3.60. The van der Waals surface area contributed by atoms with Gasteiger partial charge in [0.2, 0.25) is 0 Å². The van der Waals surface area contributed by atoms with Crippen molar-refractivity contribution in [2.45, 2.75) is 6.92 Å². The van der Waals surface area contributed by atoms with Crippen molar-refractivity contribution in [3.05, 3.63) is 70.0 Å². The zero-order chi connectivity index (χ0) is 22.4. The Balaban J connectivity index is 1.77. The van der Waals surface area contributed by atoms with Gasteiger partial charge in [-0.15, -0.1) is 0 Å². The van der Waals surface area contributed by atoms with Crippen LogP contribution in [0.25, 0.3) is 0 Å². The molecule has 0 spiro atoms. The van der Waals surface area contributed by atoms with Gasteiger partial charge in [-0.3, -0.25) is 15.6 Å². The molecule has 1 heterocycles. The number of rotatable bonds is 7.